The topological polar surface area (TPSA) is 65.2 Å². The summed E-state index contributed by atoms with van der Waals surface area (Å²) in [6.45, 7) is 0. The van der Waals surface area contributed by atoms with Gasteiger partial charge in [0.2, 0.25) is 0 Å². The highest BCUT2D eigenvalue weighted by atomic mass is 35.5. The van der Waals surface area contributed by atoms with E-state index in [0.717, 1.165) is 0 Å². The number of hydrogen-bond acceptors (Lipinski definition) is 4. The number of pyridine rings is 1. The Kier molecular flexibility index (Phi) is 4.62. The van der Waals surface area contributed by atoms with Gasteiger partial charge in [-0.15, -0.1) is 0 Å². The van der Waals surface area contributed by atoms with E-state index in [1.807, 2.05) is 0 Å². The number of hydrogen-bond donors (Lipinski definition) is 1. The third-order valence-corrected chi connectivity index (χ3v) is 1.99. The molecule has 2 N–H and O–H groups in total. The molecule has 1 heterocycles. The zero-order valence-electron chi connectivity index (χ0n) is 8.79. The summed E-state index contributed by atoms with van der Waals surface area (Å²) in [5.41, 5.74) is 6.54. The van der Waals surface area contributed by atoms with Crippen molar-refractivity contribution in [2.24, 2.45) is 0 Å². The van der Waals surface area contributed by atoms with Crippen molar-refractivity contribution in [2.75, 3.05) is 12.8 Å². The standard InChI is InChI=1S/C11H11ClN2O2/c1-16-11(15)5-3-2-4-9-8(13)6-7-10(12)14-9/h6-7H,3,5,13H2,1H3. The molecular formula is C11H11ClN2O2. The van der Waals surface area contributed by atoms with E-state index < -0.39 is 0 Å². The quantitative estimate of drug-likeness (QED) is 0.483. The van der Waals surface area contributed by atoms with Gasteiger partial charge in [-0.3, -0.25) is 4.79 Å². The van der Waals surface area contributed by atoms with Gasteiger partial charge in [-0.2, -0.15) is 0 Å². The lowest BCUT2D eigenvalue weighted by Gasteiger charge is -1.96. The minimum Gasteiger partial charge on any atom is -0.469 e. The number of anilines is 1. The van der Waals surface area contributed by atoms with Crippen molar-refractivity contribution in [1.82, 2.24) is 4.98 Å². The molecule has 0 saturated heterocycles. The summed E-state index contributed by atoms with van der Waals surface area (Å²) in [4.78, 5) is 14.8. The van der Waals surface area contributed by atoms with Gasteiger partial charge in [0, 0.05) is 6.42 Å². The molecule has 4 nitrogen and oxygen atoms in total. The second-order valence-corrected chi connectivity index (χ2v) is 3.34. The first-order valence-electron chi connectivity index (χ1n) is 4.61. The highest BCUT2D eigenvalue weighted by molar-refractivity contribution is 6.29. The van der Waals surface area contributed by atoms with Crippen LogP contribution in [0, 0.1) is 11.8 Å². The zero-order valence-corrected chi connectivity index (χ0v) is 9.54. The van der Waals surface area contributed by atoms with Crippen LogP contribution in [0.25, 0.3) is 0 Å². The molecule has 0 aliphatic rings. The van der Waals surface area contributed by atoms with Gasteiger partial charge in [0.25, 0.3) is 0 Å². The monoisotopic (exact) mass is 238 g/mol. The largest absolute Gasteiger partial charge is 0.469 e. The van der Waals surface area contributed by atoms with E-state index in [2.05, 4.69) is 21.6 Å². The fourth-order valence-corrected chi connectivity index (χ4v) is 1.11. The number of ether oxygens (including phenoxy) is 1. The fraction of sp³-hybridized carbons (Fsp3) is 0.273. The highest BCUT2D eigenvalue weighted by Gasteiger charge is 1.99. The predicted molar refractivity (Wildman–Crippen MR) is 61.8 cm³/mol. The van der Waals surface area contributed by atoms with Gasteiger partial charge in [-0.05, 0) is 18.1 Å². The van der Waals surface area contributed by atoms with Crippen LogP contribution in [0.1, 0.15) is 18.5 Å². The summed E-state index contributed by atoms with van der Waals surface area (Å²) >= 11 is 5.69. The fourth-order valence-electron chi connectivity index (χ4n) is 0.959. The molecule has 0 aliphatic carbocycles. The maximum atomic E-state index is 10.8. The number of carbonyl (C=O) groups excluding carboxylic acids is 1. The van der Waals surface area contributed by atoms with Crippen LogP contribution in [0.4, 0.5) is 5.69 Å². The minimum atomic E-state index is -0.290. The van der Waals surface area contributed by atoms with Crippen LogP contribution in [0.5, 0.6) is 0 Å². The van der Waals surface area contributed by atoms with Crippen LogP contribution in [-0.4, -0.2) is 18.1 Å². The maximum Gasteiger partial charge on any atom is 0.306 e. The highest BCUT2D eigenvalue weighted by Crippen LogP contribution is 2.11. The summed E-state index contributed by atoms with van der Waals surface area (Å²) in [5.74, 6) is 5.25. The third-order valence-electron chi connectivity index (χ3n) is 1.78. The van der Waals surface area contributed by atoms with Gasteiger partial charge in [-0.1, -0.05) is 17.5 Å². The Bertz CT molecular complexity index is 449. The second kappa shape index (κ2) is 5.99. The Morgan fingerprint density at radius 3 is 3.06 bits per heavy atom. The van der Waals surface area contributed by atoms with E-state index >= 15 is 0 Å². The molecule has 0 aromatic carbocycles. The molecule has 5 heteroatoms. The average molecular weight is 239 g/mol. The van der Waals surface area contributed by atoms with E-state index in [1.165, 1.54) is 7.11 Å². The normalized spacial score (nSPS) is 9.12. The van der Waals surface area contributed by atoms with Crippen LogP contribution in [0.2, 0.25) is 5.15 Å². The molecule has 1 aromatic heterocycles. The van der Waals surface area contributed by atoms with Crippen LogP contribution in [0.15, 0.2) is 12.1 Å². The second-order valence-electron chi connectivity index (χ2n) is 2.95. The molecule has 84 valence electrons. The lowest BCUT2D eigenvalue weighted by Crippen LogP contribution is -1.98. The first kappa shape index (κ1) is 12.3. The average Bonchev–Trinajstić information content (AvgIpc) is 2.28. The Balaban J connectivity index is 2.62. The molecule has 1 rings (SSSR count). The van der Waals surface area contributed by atoms with Crippen LogP contribution >= 0.6 is 11.6 Å². The first-order chi connectivity index (χ1) is 7.63. The summed E-state index contributed by atoms with van der Waals surface area (Å²) in [6, 6.07) is 3.23. The molecule has 16 heavy (non-hydrogen) atoms. The summed E-state index contributed by atoms with van der Waals surface area (Å²) in [7, 11) is 1.34. The number of aromatic nitrogens is 1. The first-order valence-corrected chi connectivity index (χ1v) is 4.99. The summed E-state index contributed by atoms with van der Waals surface area (Å²) < 4.78 is 4.48. The lowest BCUT2D eigenvalue weighted by atomic mass is 10.2. The van der Waals surface area contributed by atoms with E-state index in [0.29, 0.717) is 23.0 Å². The molecule has 0 radical (unpaired) electrons. The molecule has 0 atom stereocenters. The van der Waals surface area contributed by atoms with Crippen LogP contribution in [-0.2, 0) is 9.53 Å². The van der Waals surface area contributed by atoms with Gasteiger partial charge >= 0.3 is 5.97 Å². The maximum absolute atomic E-state index is 10.8. The van der Waals surface area contributed by atoms with Crippen molar-refractivity contribution >= 4 is 23.3 Å². The van der Waals surface area contributed by atoms with Crippen molar-refractivity contribution in [2.45, 2.75) is 12.8 Å². The van der Waals surface area contributed by atoms with E-state index in [-0.39, 0.29) is 12.4 Å². The number of nitrogens with zero attached hydrogens (tertiary/aromatic N) is 1. The molecule has 0 saturated carbocycles. The van der Waals surface area contributed by atoms with Gasteiger partial charge in [0.05, 0.1) is 19.2 Å². The summed E-state index contributed by atoms with van der Waals surface area (Å²) in [5, 5.41) is 0.339. The molecule has 0 aliphatic heterocycles. The molecule has 0 amide bonds. The number of nitrogen functional groups attached to an aromatic ring is 1. The molecule has 0 bridgehead atoms. The molecule has 1 aromatic rings. The van der Waals surface area contributed by atoms with Crippen molar-refractivity contribution < 1.29 is 9.53 Å². The SMILES string of the molecule is COC(=O)CCC#Cc1nc(Cl)ccc1N. The van der Waals surface area contributed by atoms with E-state index in [9.17, 15) is 4.79 Å². The van der Waals surface area contributed by atoms with Gasteiger partial charge < -0.3 is 10.5 Å². The Morgan fingerprint density at radius 1 is 1.62 bits per heavy atom. The van der Waals surface area contributed by atoms with Gasteiger partial charge in [-0.25, -0.2) is 4.98 Å². The Hall–Kier alpha value is -1.73. The minimum absolute atomic E-state index is 0.254. The van der Waals surface area contributed by atoms with Gasteiger partial charge in [0.15, 0.2) is 0 Å². The molecule has 0 fully saturated rings. The molecule has 0 unspecified atom stereocenters. The number of halogens is 1. The third kappa shape index (κ3) is 3.79. The zero-order chi connectivity index (χ0) is 12.0. The lowest BCUT2D eigenvalue weighted by molar-refractivity contribution is -0.140. The predicted octanol–water partition coefficient (Wildman–Crippen LogP) is 1.62. The van der Waals surface area contributed by atoms with Crippen LogP contribution < -0.4 is 5.73 Å². The number of rotatable bonds is 2. The van der Waals surface area contributed by atoms with Crippen LogP contribution in [0.3, 0.4) is 0 Å². The van der Waals surface area contributed by atoms with Crippen molar-refractivity contribution in [1.29, 1.82) is 0 Å². The van der Waals surface area contributed by atoms with E-state index in [4.69, 9.17) is 17.3 Å². The number of carbonyl (C=O) groups is 1. The summed E-state index contributed by atoms with van der Waals surface area (Å²) in [6.07, 6.45) is 0.657. The number of nitrogens with two attached hydrogens (primary N) is 1. The number of methoxy groups -OCH3 is 1. The Labute approximate surface area is 98.8 Å². The van der Waals surface area contributed by atoms with Crippen molar-refractivity contribution in [3.8, 4) is 11.8 Å². The number of esters is 1. The van der Waals surface area contributed by atoms with Crippen molar-refractivity contribution in [3.63, 3.8) is 0 Å². The molecular weight excluding hydrogens is 228 g/mol. The van der Waals surface area contributed by atoms with E-state index in [1.54, 1.807) is 12.1 Å². The van der Waals surface area contributed by atoms with Gasteiger partial charge in [0.1, 0.15) is 10.8 Å². The smallest absolute Gasteiger partial charge is 0.306 e. The molecule has 0 spiro atoms. The Morgan fingerprint density at radius 2 is 2.38 bits per heavy atom. The van der Waals surface area contributed by atoms with Crippen molar-refractivity contribution in [3.05, 3.63) is 23.0 Å².